The highest BCUT2D eigenvalue weighted by molar-refractivity contribution is 7.16. The van der Waals surface area contributed by atoms with Gasteiger partial charge in [-0.3, -0.25) is 0 Å². The van der Waals surface area contributed by atoms with Crippen LogP contribution in [0.3, 0.4) is 0 Å². The van der Waals surface area contributed by atoms with Crippen molar-refractivity contribution in [3.8, 4) is 0 Å². The monoisotopic (exact) mass is 215 g/mol. The van der Waals surface area contributed by atoms with Gasteiger partial charge in [0.05, 0.1) is 4.34 Å². The molecule has 0 aromatic carbocycles. The normalized spacial score (nSPS) is 33.9. The molecule has 1 aromatic rings. The van der Waals surface area contributed by atoms with Gasteiger partial charge in [-0.05, 0) is 32.4 Å². The Balaban J connectivity index is 2.17. The van der Waals surface area contributed by atoms with E-state index in [4.69, 9.17) is 11.6 Å². The molecule has 3 heteroatoms. The fraction of sp³-hybridized carbons (Fsp3) is 0.600. The summed E-state index contributed by atoms with van der Waals surface area (Å²) in [5, 5.41) is 3.54. The number of hydrogen-bond acceptors (Lipinski definition) is 2. The first kappa shape index (κ1) is 9.50. The molecule has 1 aliphatic rings. The van der Waals surface area contributed by atoms with Crippen molar-refractivity contribution in [2.24, 2.45) is 0 Å². The first-order valence-corrected chi connectivity index (χ1v) is 5.87. The third-order valence-electron chi connectivity index (χ3n) is 2.72. The van der Waals surface area contributed by atoms with E-state index in [0.717, 1.165) is 4.34 Å². The van der Waals surface area contributed by atoms with Crippen molar-refractivity contribution >= 4 is 22.9 Å². The van der Waals surface area contributed by atoms with Crippen molar-refractivity contribution in [2.75, 3.05) is 0 Å². The van der Waals surface area contributed by atoms with Crippen molar-refractivity contribution in [3.05, 3.63) is 21.3 Å². The van der Waals surface area contributed by atoms with E-state index >= 15 is 0 Å². The molecule has 3 unspecified atom stereocenters. The number of rotatable bonds is 1. The van der Waals surface area contributed by atoms with E-state index in [1.165, 1.54) is 11.3 Å². The minimum atomic E-state index is 0.588. The Hall–Kier alpha value is -0.0500. The maximum Gasteiger partial charge on any atom is 0.0931 e. The zero-order valence-corrected chi connectivity index (χ0v) is 9.45. The summed E-state index contributed by atoms with van der Waals surface area (Å²) in [5.41, 5.74) is 0. The van der Waals surface area contributed by atoms with Crippen LogP contribution in [-0.4, -0.2) is 12.1 Å². The van der Waals surface area contributed by atoms with Gasteiger partial charge in [-0.2, -0.15) is 0 Å². The Morgan fingerprint density at radius 2 is 2.23 bits per heavy atom. The van der Waals surface area contributed by atoms with Crippen LogP contribution >= 0.6 is 22.9 Å². The van der Waals surface area contributed by atoms with Crippen LogP contribution in [0.15, 0.2) is 12.1 Å². The molecule has 1 nitrogen and oxygen atoms in total. The van der Waals surface area contributed by atoms with Crippen LogP contribution in [0.25, 0.3) is 0 Å². The minimum absolute atomic E-state index is 0.588. The molecular weight excluding hydrogens is 202 g/mol. The average Bonchev–Trinajstić information content (AvgIpc) is 2.58. The molecule has 3 atom stereocenters. The zero-order chi connectivity index (χ0) is 9.42. The Kier molecular flexibility index (Phi) is 2.63. The first-order valence-electron chi connectivity index (χ1n) is 4.68. The van der Waals surface area contributed by atoms with Gasteiger partial charge in [0.25, 0.3) is 0 Å². The van der Waals surface area contributed by atoms with Crippen molar-refractivity contribution in [1.29, 1.82) is 0 Å². The molecule has 1 N–H and O–H groups in total. The lowest BCUT2D eigenvalue weighted by atomic mass is 9.99. The van der Waals surface area contributed by atoms with E-state index in [1.54, 1.807) is 11.3 Å². The quantitative estimate of drug-likeness (QED) is 0.759. The standard InChI is InChI=1S/C10H14ClNS/c1-6-5-8(7(2)12-6)9-3-4-10(11)13-9/h3-4,6-8,12H,5H2,1-2H3. The van der Waals surface area contributed by atoms with E-state index in [0.29, 0.717) is 18.0 Å². The molecule has 0 radical (unpaired) electrons. The first-order chi connectivity index (χ1) is 6.16. The van der Waals surface area contributed by atoms with Gasteiger partial charge in [0.15, 0.2) is 0 Å². The van der Waals surface area contributed by atoms with Crippen molar-refractivity contribution in [2.45, 2.75) is 38.3 Å². The summed E-state index contributed by atoms with van der Waals surface area (Å²) in [6.07, 6.45) is 1.23. The van der Waals surface area contributed by atoms with Crippen LogP contribution < -0.4 is 5.32 Å². The molecule has 1 saturated heterocycles. The van der Waals surface area contributed by atoms with E-state index in [1.807, 2.05) is 6.07 Å². The summed E-state index contributed by atoms with van der Waals surface area (Å²) in [6, 6.07) is 5.39. The zero-order valence-electron chi connectivity index (χ0n) is 7.88. The summed E-state index contributed by atoms with van der Waals surface area (Å²) >= 11 is 7.64. The van der Waals surface area contributed by atoms with Gasteiger partial charge < -0.3 is 5.32 Å². The summed E-state index contributed by atoms with van der Waals surface area (Å²) < 4.78 is 0.904. The topological polar surface area (TPSA) is 12.0 Å². The highest BCUT2D eigenvalue weighted by Crippen LogP contribution is 2.36. The lowest BCUT2D eigenvalue weighted by Gasteiger charge is -2.11. The largest absolute Gasteiger partial charge is 0.311 e. The Labute approximate surface area is 88.1 Å². The molecule has 13 heavy (non-hydrogen) atoms. The van der Waals surface area contributed by atoms with Gasteiger partial charge in [0, 0.05) is 22.9 Å². The third kappa shape index (κ3) is 1.90. The molecule has 0 aliphatic carbocycles. The second kappa shape index (κ2) is 3.60. The van der Waals surface area contributed by atoms with Gasteiger partial charge >= 0.3 is 0 Å². The highest BCUT2D eigenvalue weighted by atomic mass is 35.5. The smallest absolute Gasteiger partial charge is 0.0931 e. The SMILES string of the molecule is CC1CC(c2ccc(Cl)s2)C(C)N1. The average molecular weight is 216 g/mol. The molecule has 0 spiro atoms. The Morgan fingerprint density at radius 3 is 2.69 bits per heavy atom. The summed E-state index contributed by atoms with van der Waals surface area (Å²) in [7, 11) is 0. The van der Waals surface area contributed by atoms with Crippen molar-refractivity contribution < 1.29 is 0 Å². The maximum atomic E-state index is 5.92. The molecule has 0 bridgehead atoms. The number of hydrogen-bond donors (Lipinski definition) is 1. The van der Waals surface area contributed by atoms with Gasteiger partial charge in [-0.1, -0.05) is 11.6 Å². The molecule has 0 amide bonds. The van der Waals surface area contributed by atoms with Gasteiger partial charge in [0.1, 0.15) is 0 Å². The molecule has 2 rings (SSSR count). The lowest BCUT2D eigenvalue weighted by molar-refractivity contribution is 0.578. The van der Waals surface area contributed by atoms with E-state index < -0.39 is 0 Å². The number of thiophene rings is 1. The molecule has 2 heterocycles. The predicted octanol–water partition coefficient (Wildman–Crippen LogP) is 3.26. The van der Waals surface area contributed by atoms with Gasteiger partial charge in [-0.25, -0.2) is 0 Å². The summed E-state index contributed by atoms with van der Waals surface area (Å²) in [4.78, 5) is 1.43. The second-order valence-corrected chi connectivity index (χ2v) is 5.59. The molecule has 0 saturated carbocycles. The summed E-state index contributed by atoms with van der Waals surface area (Å²) in [6.45, 7) is 4.49. The van der Waals surface area contributed by atoms with E-state index in [-0.39, 0.29) is 0 Å². The fourth-order valence-corrected chi connectivity index (χ4v) is 3.39. The van der Waals surface area contributed by atoms with Crippen LogP contribution in [0.5, 0.6) is 0 Å². The Morgan fingerprint density at radius 1 is 1.46 bits per heavy atom. The molecule has 1 aromatic heterocycles. The number of nitrogens with one attached hydrogen (secondary N) is 1. The van der Waals surface area contributed by atoms with E-state index in [9.17, 15) is 0 Å². The van der Waals surface area contributed by atoms with Crippen molar-refractivity contribution in [1.82, 2.24) is 5.32 Å². The molecular formula is C10H14ClNS. The second-order valence-electron chi connectivity index (χ2n) is 3.84. The summed E-state index contributed by atoms with van der Waals surface area (Å²) in [5.74, 6) is 0.660. The van der Waals surface area contributed by atoms with Crippen LogP contribution in [0.2, 0.25) is 4.34 Å². The third-order valence-corrected chi connectivity index (χ3v) is 4.08. The Bertz CT molecular complexity index is 297. The lowest BCUT2D eigenvalue weighted by Crippen LogP contribution is -2.25. The molecule has 1 fully saturated rings. The predicted molar refractivity (Wildman–Crippen MR) is 58.7 cm³/mol. The molecule has 72 valence electrons. The van der Waals surface area contributed by atoms with Gasteiger partial charge in [-0.15, -0.1) is 11.3 Å². The van der Waals surface area contributed by atoms with Crippen molar-refractivity contribution in [3.63, 3.8) is 0 Å². The van der Waals surface area contributed by atoms with Crippen LogP contribution in [-0.2, 0) is 0 Å². The van der Waals surface area contributed by atoms with E-state index in [2.05, 4.69) is 25.2 Å². The number of halogens is 1. The minimum Gasteiger partial charge on any atom is -0.311 e. The highest BCUT2D eigenvalue weighted by Gasteiger charge is 2.29. The van der Waals surface area contributed by atoms with Crippen LogP contribution in [0, 0.1) is 0 Å². The molecule has 1 aliphatic heterocycles. The van der Waals surface area contributed by atoms with Crippen LogP contribution in [0.1, 0.15) is 31.1 Å². The fourth-order valence-electron chi connectivity index (χ4n) is 2.11. The van der Waals surface area contributed by atoms with Crippen LogP contribution in [0.4, 0.5) is 0 Å². The van der Waals surface area contributed by atoms with Gasteiger partial charge in [0.2, 0.25) is 0 Å². The maximum absolute atomic E-state index is 5.92.